The van der Waals surface area contributed by atoms with Crippen LogP contribution in [0.15, 0.2) is 10.5 Å². The lowest BCUT2D eigenvalue weighted by Crippen LogP contribution is -2.04. The van der Waals surface area contributed by atoms with Gasteiger partial charge in [-0.05, 0) is 24.1 Å². The van der Waals surface area contributed by atoms with Crippen LogP contribution < -0.4 is 4.74 Å². The monoisotopic (exact) mass is 336 g/mol. The average molecular weight is 338 g/mol. The first kappa shape index (κ1) is 12.5. The van der Waals surface area contributed by atoms with Gasteiger partial charge in [-0.3, -0.25) is 0 Å². The van der Waals surface area contributed by atoms with Crippen molar-refractivity contribution in [3.05, 3.63) is 27.2 Å². The number of methoxy groups -OCH3 is 1. The second-order valence-corrected chi connectivity index (χ2v) is 4.40. The number of halogens is 2. The van der Waals surface area contributed by atoms with E-state index in [4.69, 9.17) is 9.84 Å². The van der Waals surface area contributed by atoms with E-state index in [0.717, 1.165) is 15.6 Å². The highest BCUT2D eigenvalue weighted by molar-refractivity contribution is 9.10. The first-order valence-corrected chi connectivity index (χ1v) is 6.09. The Bertz CT molecular complexity index is 402. The van der Waals surface area contributed by atoms with E-state index in [1.807, 2.05) is 6.92 Å². The van der Waals surface area contributed by atoms with E-state index in [-0.39, 0.29) is 5.56 Å². The molecule has 0 spiro atoms. The molecule has 5 heteroatoms. The van der Waals surface area contributed by atoms with E-state index in [2.05, 4.69) is 31.9 Å². The van der Waals surface area contributed by atoms with Gasteiger partial charge < -0.3 is 9.84 Å². The molecule has 0 heterocycles. The number of benzene rings is 1. The van der Waals surface area contributed by atoms with Gasteiger partial charge in [-0.2, -0.15) is 0 Å². The number of rotatable bonds is 3. The highest BCUT2D eigenvalue weighted by atomic mass is 79.9. The number of alkyl halides is 1. The summed E-state index contributed by atoms with van der Waals surface area (Å²) in [6.07, 6.45) is 0. The van der Waals surface area contributed by atoms with Gasteiger partial charge in [-0.15, -0.1) is 0 Å². The Kier molecular flexibility index (Phi) is 4.16. The van der Waals surface area contributed by atoms with Gasteiger partial charge >= 0.3 is 5.97 Å². The van der Waals surface area contributed by atoms with E-state index in [1.54, 1.807) is 6.07 Å². The van der Waals surface area contributed by atoms with Gasteiger partial charge in [0.05, 0.1) is 7.11 Å². The molecule has 0 unspecified atom stereocenters. The summed E-state index contributed by atoms with van der Waals surface area (Å²) >= 11 is 6.69. The molecule has 0 atom stereocenters. The quantitative estimate of drug-likeness (QED) is 0.860. The molecule has 1 N–H and O–H groups in total. The third-order valence-corrected chi connectivity index (χ3v) is 3.43. The SMILES string of the molecule is COc1c(C(=O)O)cc(Br)c(CBr)c1C. The topological polar surface area (TPSA) is 46.5 Å². The van der Waals surface area contributed by atoms with Gasteiger partial charge in [-0.25, -0.2) is 4.79 Å². The molecule has 0 amide bonds. The first-order valence-electron chi connectivity index (χ1n) is 4.18. The third-order valence-electron chi connectivity index (χ3n) is 2.17. The smallest absolute Gasteiger partial charge is 0.339 e. The zero-order valence-corrected chi connectivity index (χ0v) is 11.5. The van der Waals surface area contributed by atoms with Crippen molar-refractivity contribution in [1.29, 1.82) is 0 Å². The van der Waals surface area contributed by atoms with Crippen LogP contribution in [0.4, 0.5) is 0 Å². The molecule has 15 heavy (non-hydrogen) atoms. The lowest BCUT2D eigenvalue weighted by Gasteiger charge is -2.13. The summed E-state index contributed by atoms with van der Waals surface area (Å²) < 4.78 is 5.89. The molecule has 0 saturated carbocycles. The number of carboxylic acid groups (broad SMARTS) is 1. The molecular weight excluding hydrogens is 328 g/mol. The van der Waals surface area contributed by atoms with E-state index >= 15 is 0 Å². The Hall–Kier alpha value is -0.550. The van der Waals surface area contributed by atoms with Crippen molar-refractivity contribution in [3.63, 3.8) is 0 Å². The summed E-state index contributed by atoms with van der Waals surface area (Å²) in [5.41, 5.74) is 2.00. The van der Waals surface area contributed by atoms with Crippen LogP contribution in [0.3, 0.4) is 0 Å². The normalized spacial score (nSPS) is 10.1. The number of ether oxygens (including phenoxy) is 1. The van der Waals surface area contributed by atoms with E-state index < -0.39 is 5.97 Å². The van der Waals surface area contributed by atoms with Gasteiger partial charge in [0.2, 0.25) is 0 Å². The van der Waals surface area contributed by atoms with Crippen molar-refractivity contribution in [1.82, 2.24) is 0 Å². The van der Waals surface area contributed by atoms with Crippen molar-refractivity contribution in [2.45, 2.75) is 12.3 Å². The fourth-order valence-corrected chi connectivity index (χ4v) is 3.15. The highest BCUT2D eigenvalue weighted by Crippen LogP contribution is 2.33. The minimum absolute atomic E-state index is 0.173. The predicted octanol–water partition coefficient (Wildman–Crippen LogP) is 3.36. The second-order valence-electron chi connectivity index (χ2n) is 2.98. The molecular formula is C10H10Br2O3. The van der Waals surface area contributed by atoms with Crippen LogP contribution in [0.2, 0.25) is 0 Å². The Labute approximate surface area is 105 Å². The predicted molar refractivity (Wildman–Crippen MR) is 65.0 cm³/mol. The van der Waals surface area contributed by atoms with Crippen molar-refractivity contribution in [2.75, 3.05) is 7.11 Å². The largest absolute Gasteiger partial charge is 0.496 e. The van der Waals surface area contributed by atoms with Gasteiger partial charge in [-0.1, -0.05) is 31.9 Å². The summed E-state index contributed by atoms with van der Waals surface area (Å²) in [6, 6.07) is 1.56. The molecule has 0 radical (unpaired) electrons. The molecule has 82 valence electrons. The zero-order chi connectivity index (χ0) is 11.6. The van der Waals surface area contributed by atoms with Crippen LogP contribution in [0, 0.1) is 6.92 Å². The molecule has 1 aromatic rings. The van der Waals surface area contributed by atoms with E-state index in [1.165, 1.54) is 7.11 Å². The summed E-state index contributed by atoms with van der Waals surface area (Å²) in [4.78, 5) is 11.0. The standard InChI is InChI=1S/C10H10Br2O3/c1-5-7(4-11)8(12)3-6(10(13)14)9(5)15-2/h3H,4H2,1-2H3,(H,13,14). The maximum atomic E-state index is 11.0. The van der Waals surface area contributed by atoms with Crippen molar-refractivity contribution in [2.24, 2.45) is 0 Å². The van der Waals surface area contributed by atoms with Crippen LogP contribution in [0.25, 0.3) is 0 Å². The minimum Gasteiger partial charge on any atom is -0.496 e. The highest BCUT2D eigenvalue weighted by Gasteiger charge is 2.18. The lowest BCUT2D eigenvalue weighted by atomic mass is 10.0. The Morgan fingerprint density at radius 1 is 1.60 bits per heavy atom. The summed E-state index contributed by atoms with van der Waals surface area (Å²) in [7, 11) is 1.47. The third kappa shape index (κ3) is 2.34. The molecule has 0 fully saturated rings. The number of hydrogen-bond acceptors (Lipinski definition) is 2. The van der Waals surface area contributed by atoms with Crippen LogP contribution in [-0.4, -0.2) is 18.2 Å². The van der Waals surface area contributed by atoms with Crippen LogP contribution in [-0.2, 0) is 5.33 Å². The molecule has 3 nitrogen and oxygen atoms in total. The molecule has 0 saturated heterocycles. The number of hydrogen-bond donors (Lipinski definition) is 1. The number of aromatic carboxylic acids is 1. The summed E-state index contributed by atoms with van der Waals surface area (Å²) in [6.45, 7) is 1.84. The number of carbonyl (C=O) groups is 1. The molecule has 0 aromatic heterocycles. The fraction of sp³-hybridized carbons (Fsp3) is 0.300. The molecule has 0 aliphatic heterocycles. The Morgan fingerprint density at radius 3 is 2.60 bits per heavy atom. The van der Waals surface area contributed by atoms with Gasteiger partial charge in [0.25, 0.3) is 0 Å². The van der Waals surface area contributed by atoms with Gasteiger partial charge in [0.1, 0.15) is 11.3 Å². The summed E-state index contributed by atoms with van der Waals surface area (Å²) in [5.74, 6) is -0.572. The minimum atomic E-state index is -0.989. The maximum absolute atomic E-state index is 11.0. The average Bonchev–Trinajstić information content (AvgIpc) is 2.17. The lowest BCUT2D eigenvalue weighted by molar-refractivity contribution is 0.0693. The second kappa shape index (κ2) is 4.99. The Balaban J connectivity index is 3.51. The molecule has 1 rings (SSSR count). The molecule has 0 bridgehead atoms. The van der Waals surface area contributed by atoms with E-state index in [9.17, 15) is 4.79 Å². The zero-order valence-electron chi connectivity index (χ0n) is 8.30. The fourth-order valence-electron chi connectivity index (χ4n) is 1.38. The van der Waals surface area contributed by atoms with Gasteiger partial charge in [0.15, 0.2) is 0 Å². The maximum Gasteiger partial charge on any atom is 0.339 e. The van der Waals surface area contributed by atoms with Crippen molar-refractivity contribution < 1.29 is 14.6 Å². The molecule has 0 aliphatic carbocycles. The van der Waals surface area contributed by atoms with Crippen LogP contribution in [0.5, 0.6) is 5.75 Å². The van der Waals surface area contributed by atoms with E-state index in [0.29, 0.717) is 11.1 Å². The number of carboxylic acids is 1. The first-order chi connectivity index (χ1) is 7.02. The van der Waals surface area contributed by atoms with Crippen LogP contribution in [0.1, 0.15) is 21.5 Å². The Morgan fingerprint density at radius 2 is 2.20 bits per heavy atom. The summed E-state index contributed by atoms with van der Waals surface area (Å²) in [5, 5.41) is 9.65. The van der Waals surface area contributed by atoms with Crippen molar-refractivity contribution in [3.8, 4) is 5.75 Å². The molecule has 0 aliphatic rings. The van der Waals surface area contributed by atoms with Gasteiger partial charge in [0, 0.05) is 9.80 Å². The van der Waals surface area contributed by atoms with Crippen LogP contribution >= 0.6 is 31.9 Å². The molecule has 1 aromatic carbocycles. The van der Waals surface area contributed by atoms with Crippen molar-refractivity contribution >= 4 is 37.8 Å².